The predicted molar refractivity (Wildman–Crippen MR) is 244 cm³/mol. The molecule has 0 aliphatic heterocycles. The van der Waals surface area contributed by atoms with Crippen molar-refractivity contribution < 1.29 is 45.4 Å². The SMILES string of the molecule is COc1cccc(Oc2cc(NCCC(F)(F)F)c3ncc(-c4ccc(C(=O)NC5CC5)c(C)c4)n3n2)c1.Cc1cc(-c2cnc3c(NCCC(F)(F)F)cc(Cl)nn23)ccc1C(=O)NC1CC1. The lowest BCUT2D eigenvalue weighted by Gasteiger charge is -2.13. The fraction of sp³-hybridized carbons (Fsp3) is 0.319. The molecule has 4 heterocycles. The summed E-state index contributed by atoms with van der Waals surface area (Å²) >= 11 is 6.09. The van der Waals surface area contributed by atoms with Gasteiger partial charge in [0.15, 0.2) is 16.4 Å². The van der Waals surface area contributed by atoms with Crippen molar-refractivity contribution in [2.24, 2.45) is 0 Å². The van der Waals surface area contributed by atoms with Crippen LogP contribution in [0.3, 0.4) is 0 Å². The third-order valence-corrected chi connectivity index (χ3v) is 11.1. The standard InChI is InChI=1S/C27H26F3N5O3.C20H19ClF3N5O/c1-16-12-17(6-9-21(16)26(36)33-18-7-8-18)23-15-32-25-22(31-11-10-27(28,29)30)14-24(34-35(23)25)38-20-5-3-4-19(13-20)37-2;1-11-8-12(2-5-14(11)19(30)27-13-3-4-13)16-10-26-18-15(9-17(21)28-29(16)18)25-7-6-20(22,23)24/h3-6,9,12-15,18,31H,7-8,10-11H2,1-2H3,(H,33,36);2,5,8-10,13,25H,3-4,6-7H2,1H3,(H,27,30). The van der Waals surface area contributed by atoms with E-state index in [1.807, 2.05) is 26.0 Å². The van der Waals surface area contributed by atoms with Crippen molar-refractivity contribution in [2.45, 2.75) is 76.8 Å². The van der Waals surface area contributed by atoms with E-state index in [2.05, 4.69) is 41.4 Å². The van der Waals surface area contributed by atoms with Gasteiger partial charge in [-0.15, -0.1) is 5.10 Å². The summed E-state index contributed by atoms with van der Waals surface area (Å²) in [5.74, 6) is 0.962. The van der Waals surface area contributed by atoms with Gasteiger partial charge in [0.1, 0.15) is 11.5 Å². The molecule has 3 aromatic carbocycles. The van der Waals surface area contributed by atoms with Gasteiger partial charge in [0.05, 0.1) is 55.1 Å². The highest BCUT2D eigenvalue weighted by Gasteiger charge is 2.29. The first-order valence-electron chi connectivity index (χ1n) is 21.6. The number of ether oxygens (including phenoxy) is 2. The number of aromatic nitrogens is 6. The molecule has 7 aromatic rings. The largest absolute Gasteiger partial charge is 0.497 e. The number of aryl methyl sites for hydroxylation is 2. The molecule has 9 rings (SSSR count). The van der Waals surface area contributed by atoms with Crippen molar-refractivity contribution in [3.05, 3.63) is 113 Å². The number of fused-ring (bicyclic) bond motifs is 2. The highest BCUT2D eigenvalue weighted by Crippen LogP contribution is 2.33. The molecule has 0 atom stereocenters. The van der Waals surface area contributed by atoms with Gasteiger partial charge in [-0.3, -0.25) is 9.59 Å². The maximum atomic E-state index is 12.8. The number of hydrogen-bond acceptors (Lipinski definition) is 10. The summed E-state index contributed by atoms with van der Waals surface area (Å²) in [4.78, 5) is 33.6. The first-order valence-corrected chi connectivity index (χ1v) is 22.0. The molecule has 2 aliphatic carbocycles. The van der Waals surface area contributed by atoms with E-state index in [0.717, 1.165) is 47.9 Å². The van der Waals surface area contributed by atoms with E-state index in [0.29, 0.717) is 56.7 Å². The zero-order valence-electron chi connectivity index (χ0n) is 36.9. The number of amides is 2. The van der Waals surface area contributed by atoms with E-state index in [-0.39, 0.29) is 48.0 Å². The Labute approximate surface area is 390 Å². The van der Waals surface area contributed by atoms with Crippen molar-refractivity contribution in [3.8, 4) is 39.9 Å². The van der Waals surface area contributed by atoms with Crippen LogP contribution in [0.5, 0.6) is 17.4 Å². The Kier molecular flexibility index (Phi) is 13.7. The summed E-state index contributed by atoms with van der Waals surface area (Å²) in [7, 11) is 1.53. The van der Waals surface area contributed by atoms with Gasteiger partial charge in [0.2, 0.25) is 5.88 Å². The van der Waals surface area contributed by atoms with Crippen molar-refractivity contribution in [1.82, 2.24) is 39.8 Å². The van der Waals surface area contributed by atoms with Crippen LogP contribution >= 0.6 is 11.6 Å². The van der Waals surface area contributed by atoms with E-state index in [1.54, 1.807) is 60.9 Å². The Morgan fingerprint density at radius 3 is 1.63 bits per heavy atom. The van der Waals surface area contributed by atoms with E-state index in [9.17, 15) is 35.9 Å². The third-order valence-electron chi connectivity index (χ3n) is 11.0. The van der Waals surface area contributed by atoms with Gasteiger partial charge in [-0.1, -0.05) is 29.8 Å². The molecule has 0 bridgehead atoms. The minimum Gasteiger partial charge on any atom is -0.497 e. The van der Waals surface area contributed by atoms with E-state index < -0.39 is 25.2 Å². The van der Waals surface area contributed by atoms with Gasteiger partial charge in [-0.2, -0.15) is 31.4 Å². The molecule has 4 aromatic heterocycles. The van der Waals surface area contributed by atoms with Crippen molar-refractivity contribution >= 4 is 46.1 Å². The van der Waals surface area contributed by atoms with Crippen LogP contribution < -0.4 is 30.7 Å². The Balaban J connectivity index is 0.000000189. The van der Waals surface area contributed by atoms with Crippen LogP contribution in [0, 0.1) is 13.8 Å². The first-order chi connectivity index (χ1) is 32.4. The highest BCUT2D eigenvalue weighted by molar-refractivity contribution is 6.29. The predicted octanol–water partition coefficient (Wildman–Crippen LogP) is 10.4. The number of nitrogens with one attached hydrogen (secondary N) is 4. The minimum atomic E-state index is -4.30. The zero-order valence-corrected chi connectivity index (χ0v) is 37.6. The smallest absolute Gasteiger partial charge is 0.390 e. The normalized spacial score (nSPS) is 13.7. The highest BCUT2D eigenvalue weighted by atomic mass is 35.5. The van der Waals surface area contributed by atoms with E-state index in [4.69, 9.17) is 21.1 Å². The monoisotopic (exact) mass is 962 g/mol. The van der Waals surface area contributed by atoms with Gasteiger partial charge in [-0.05, 0) is 87.1 Å². The Morgan fingerprint density at radius 1 is 0.676 bits per heavy atom. The molecule has 2 saturated carbocycles. The average Bonchev–Trinajstić information content (AvgIpc) is 4.19. The summed E-state index contributed by atoms with van der Waals surface area (Å²) in [5, 5.41) is 20.4. The molecule has 4 N–H and O–H groups in total. The zero-order chi connectivity index (χ0) is 48.3. The number of benzene rings is 3. The van der Waals surface area contributed by atoms with Crippen LogP contribution in [0.1, 0.15) is 70.4 Å². The molecular weight excluding hydrogens is 918 g/mol. The maximum Gasteiger partial charge on any atom is 0.390 e. The number of carbonyl (C=O) groups excluding carboxylic acids is 2. The number of imidazole rings is 2. The van der Waals surface area contributed by atoms with Gasteiger partial charge < -0.3 is 30.7 Å². The molecule has 68 heavy (non-hydrogen) atoms. The Morgan fingerprint density at radius 2 is 1.16 bits per heavy atom. The number of anilines is 2. The number of hydrogen-bond donors (Lipinski definition) is 4. The fourth-order valence-electron chi connectivity index (χ4n) is 7.19. The molecule has 0 saturated heterocycles. The molecule has 0 unspecified atom stereocenters. The summed E-state index contributed by atoms with van der Waals surface area (Å²) < 4.78 is 89.9. The molecule has 2 fully saturated rings. The van der Waals surface area contributed by atoms with Gasteiger partial charge in [0.25, 0.3) is 11.8 Å². The lowest BCUT2D eigenvalue weighted by molar-refractivity contribution is -0.132. The molecule has 0 radical (unpaired) electrons. The summed E-state index contributed by atoms with van der Waals surface area (Å²) in [6.45, 7) is 3.06. The van der Waals surface area contributed by atoms with Crippen LogP contribution in [0.15, 0.2) is 85.2 Å². The van der Waals surface area contributed by atoms with Crippen LogP contribution in [-0.2, 0) is 0 Å². The maximum absolute atomic E-state index is 12.8. The van der Waals surface area contributed by atoms with Crippen molar-refractivity contribution in [3.63, 3.8) is 0 Å². The topological polar surface area (TPSA) is 161 Å². The molecule has 2 aliphatic rings. The number of rotatable bonds is 15. The number of alkyl halides is 6. The Hall–Kier alpha value is -7.09. The van der Waals surface area contributed by atoms with Crippen LogP contribution in [0.4, 0.5) is 37.7 Å². The van der Waals surface area contributed by atoms with Crippen LogP contribution in [0.25, 0.3) is 33.8 Å². The molecule has 356 valence electrons. The lowest BCUT2D eigenvalue weighted by Crippen LogP contribution is -2.26. The van der Waals surface area contributed by atoms with Gasteiger partial charge in [-0.25, -0.2) is 19.0 Å². The molecule has 14 nitrogen and oxygen atoms in total. The van der Waals surface area contributed by atoms with E-state index in [1.165, 1.54) is 28.3 Å². The quantitative estimate of drug-likeness (QED) is 0.0728. The number of methoxy groups -OCH3 is 1. The third kappa shape index (κ3) is 11.9. The molecule has 21 heteroatoms. The first kappa shape index (κ1) is 47.4. The molecule has 0 spiro atoms. The minimum absolute atomic E-state index is 0.1000. The Bertz CT molecular complexity index is 2980. The van der Waals surface area contributed by atoms with Gasteiger partial charge in [0, 0.05) is 65.6 Å². The van der Waals surface area contributed by atoms with E-state index >= 15 is 0 Å². The summed E-state index contributed by atoms with van der Waals surface area (Å²) in [5.41, 5.74) is 6.87. The van der Waals surface area contributed by atoms with Gasteiger partial charge >= 0.3 is 12.4 Å². The second-order valence-corrected chi connectivity index (χ2v) is 16.8. The molecule has 2 amide bonds. The van der Waals surface area contributed by atoms with Crippen molar-refractivity contribution in [2.75, 3.05) is 30.8 Å². The second kappa shape index (κ2) is 19.6. The number of nitrogens with zero attached hydrogens (tertiary/aromatic N) is 6. The number of halogens is 7. The lowest BCUT2D eigenvalue weighted by atomic mass is 10.0. The average molecular weight is 963 g/mol. The summed E-state index contributed by atoms with van der Waals surface area (Å²) in [6, 6.07) is 21.2. The molecular formula is C47H45ClF6N10O4. The second-order valence-electron chi connectivity index (χ2n) is 16.5. The fourth-order valence-corrected chi connectivity index (χ4v) is 7.37. The van der Waals surface area contributed by atoms with Crippen LogP contribution in [-0.4, -0.2) is 85.6 Å². The van der Waals surface area contributed by atoms with Crippen LogP contribution in [0.2, 0.25) is 5.15 Å². The van der Waals surface area contributed by atoms with Crippen molar-refractivity contribution in [1.29, 1.82) is 0 Å². The number of carbonyl (C=O) groups is 2. The summed E-state index contributed by atoms with van der Waals surface area (Å²) in [6.07, 6.45) is -3.37.